The predicted octanol–water partition coefficient (Wildman–Crippen LogP) is -3.92. The summed E-state index contributed by atoms with van der Waals surface area (Å²) in [6.45, 7) is 0.394. The first kappa shape index (κ1) is 15.8. The molecule has 0 bridgehead atoms. The van der Waals surface area contributed by atoms with E-state index in [2.05, 4.69) is 0 Å². The van der Waals surface area contributed by atoms with Crippen LogP contribution < -0.4 is 23.3 Å². The molecule has 0 aliphatic rings. The van der Waals surface area contributed by atoms with Crippen molar-refractivity contribution in [3.05, 3.63) is 29.8 Å². The van der Waals surface area contributed by atoms with Crippen molar-refractivity contribution in [2.24, 2.45) is 10.9 Å². The topological polar surface area (TPSA) is 118 Å². The third kappa shape index (κ3) is 4.03. The third-order valence-corrected chi connectivity index (χ3v) is 2.42. The van der Waals surface area contributed by atoms with Crippen molar-refractivity contribution in [3.63, 3.8) is 0 Å². The van der Waals surface area contributed by atoms with Crippen LogP contribution in [0.5, 0.6) is 0 Å². The van der Waals surface area contributed by atoms with Crippen LogP contribution in [0.4, 0.5) is 0 Å². The van der Waals surface area contributed by atoms with E-state index in [0.29, 0.717) is 6.54 Å². The molecule has 1 aromatic rings. The first-order valence-corrected chi connectivity index (χ1v) is 4.90. The molecule has 7 heteroatoms. The minimum Gasteiger partial charge on any atom is -1.00 e. The number of primary sulfonamides is 1. The van der Waals surface area contributed by atoms with Gasteiger partial charge < -0.3 is 23.6 Å². The highest BCUT2D eigenvalue weighted by Crippen LogP contribution is 2.07. The molecule has 0 aliphatic heterocycles. The van der Waals surface area contributed by atoms with Crippen molar-refractivity contribution >= 4 is 10.0 Å². The zero-order valence-electron chi connectivity index (χ0n) is 8.27. The normalized spacial score (nSPS) is 9.86. The van der Waals surface area contributed by atoms with Crippen molar-refractivity contribution < 1.29 is 27.7 Å². The molecular weight excluding hydrogens is 228 g/mol. The minimum absolute atomic E-state index is 0. The molecule has 14 heavy (non-hydrogen) atoms. The van der Waals surface area contributed by atoms with Gasteiger partial charge in [-0.05, 0) is 17.7 Å². The summed E-state index contributed by atoms with van der Waals surface area (Å²) in [4.78, 5) is 0.111. The van der Waals surface area contributed by atoms with Gasteiger partial charge in [-0.3, -0.25) is 0 Å². The van der Waals surface area contributed by atoms with Gasteiger partial charge in [0.2, 0.25) is 10.0 Å². The Labute approximate surface area is 90.4 Å². The third-order valence-electron chi connectivity index (χ3n) is 1.49. The van der Waals surface area contributed by atoms with Gasteiger partial charge in [-0.25, -0.2) is 13.6 Å². The number of nitrogens with two attached hydrogens (primary N) is 2. The monoisotopic (exact) mass is 240 g/mol. The fourth-order valence-electron chi connectivity index (χ4n) is 0.815. The maximum absolute atomic E-state index is 10.8. The molecule has 5 nitrogen and oxygen atoms in total. The quantitative estimate of drug-likeness (QED) is 0.550. The van der Waals surface area contributed by atoms with Crippen molar-refractivity contribution in [3.8, 4) is 0 Å². The average molecular weight is 241 g/mol. The fourth-order valence-corrected chi connectivity index (χ4v) is 1.33. The van der Waals surface area contributed by atoms with E-state index >= 15 is 0 Å². The van der Waals surface area contributed by atoms with E-state index in [4.69, 9.17) is 10.9 Å². The Bertz CT molecular complexity index is 368. The first-order valence-electron chi connectivity index (χ1n) is 3.36. The highest BCUT2D eigenvalue weighted by molar-refractivity contribution is 7.89. The summed E-state index contributed by atoms with van der Waals surface area (Å²) in [7, 11) is -3.57. The lowest BCUT2D eigenvalue weighted by atomic mass is 10.2. The van der Waals surface area contributed by atoms with Gasteiger partial charge in [-0.2, -0.15) is 0 Å². The van der Waals surface area contributed by atoms with E-state index in [9.17, 15) is 8.42 Å². The van der Waals surface area contributed by atoms with E-state index in [1.54, 1.807) is 12.1 Å². The van der Waals surface area contributed by atoms with Crippen LogP contribution >= 0.6 is 0 Å². The molecule has 0 saturated carbocycles. The number of hydrogen-bond donors (Lipinski definition) is 2. The summed E-state index contributed by atoms with van der Waals surface area (Å²) in [5.41, 5.74) is 6.21. The number of benzene rings is 1. The van der Waals surface area contributed by atoms with Gasteiger partial charge in [-0.15, -0.1) is 0 Å². The van der Waals surface area contributed by atoms with Gasteiger partial charge in [0, 0.05) is 6.54 Å². The molecule has 0 radical (unpaired) electrons. The summed E-state index contributed by atoms with van der Waals surface area (Å²) < 4.78 is 21.6. The SMILES string of the molecule is NCc1ccc(S(N)(=O)=O)cc1.O.[Cl-].[H+]. The largest absolute Gasteiger partial charge is 1.00 e. The zero-order valence-corrected chi connectivity index (χ0v) is 8.85. The van der Waals surface area contributed by atoms with Crippen LogP contribution in [0, 0.1) is 0 Å². The number of hydrogen-bond acceptors (Lipinski definition) is 3. The maximum atomic E-state index is 10.8. The lowest BCUT2D eigenvalue weighted by Crippen LogP contribution is -3.00. The van der Waals surface area contributed by atoms with Gasteiger partial charge in [0.1, 0.15) is 0 Å². The maximum Gasteiger partial charge on any atom is 1.00 e. The van der Waals surface area contributed by atoms with E-state index in [1.807, 2.05) is 0 Å². The Hall–Kier alpha value is -0.660. The standard InChI is InChI=1S/C7H10N2O2S.ClH.H2O/c8-5-6-1-3-7(4-2-6)12(9,10)11;;/h1-4H,5,8H2,(H2,9,10,11);1H;1H2. The van der Waals surface area contributed by atoms with E-state index in [0.717, 1.165) is 5.56 Å². The average Bonchev–Trinajstić information content (AvgIpc) is 2.03. The molecule has 0 atom stereocenters. The lowest BCUT2D eigenvalue weighted by Gasteiger charge is -1.98. The van der Waals surface area contributed by atoms with Crippen LogP contribution in [-0.2, 0) is 16.6 Å². The lowest BCUT2D eigenvalue weighted by molar-refractivity contribution is -0.00000640. The van der Waals surface area contributed by atoms with Crippen molar-refractivity contribution in [2.45, 2.75) is 11.4 Å². The molecule has 0 aliphatic carbocycles. The van der Waals surface area contributed by atoms with Gasteiger partial charge in [0.25, 0.3) is 0 Å². The van der Waals surface area contributed by atoms with Crippen LogP contribution in [0.15, 0.2) is 29.2 Å². The number of rotatable bonds is 2. The van der Waals surface area contributed by atoms with Crippen molar-refractivity contribution in [1.82, 2.24) is 0 Å². The van der Waals surface area contributed by atoms with Gasteiger partial charge >= 0.3 is 1.43 Å². The van der Waals surface area contributed by atoms with Crippen molar-refractivity contribution in [1.29, 1.82) is 0 Å². The number of halogens is 1. The summed E-state index contributed by atoms with van der Waals surface area (Å²) in [6.07, 6.45) is 0. The first-order chi connectivity index (χ1) is 5.54. The Morgan fingerprint density at radius 1 is 1.21 bits per heavy atom. The van der Waals surface area contributed by atoms with E-state index < -0.39 is 10.0 Å². The molecule has 0 saturated heterocycles. The molecule has 1 aromatic carbocycles. The number of sulfonamides is 1. The Morgan fingerprint density at radius 3 is 1.93 bits per heavy atom. The second-order valence-corrected chi connectivity index (χ2v) is 3.95. The minimum atomic E-state index is -3.57. The molecule has 82 valence electrons. The van der Waals surface area contributed by atoms with Crippen molar-refractivity contribution in [2.75, 3.05) is 0 Å². The van der Waals surface area contributed by atoms with Crippen LogP contribution in [-0.4, -0.2) is 13.9 Å². The summed E-state index contributed by atoms with van der Waals surface area (Å²) in [5, 5.41) is 4.89. The highest BCUT2D eigenvalue weighted by atomic mass is 35.5. The summed E-state index contributed by atoms with van der Waals surface area (Å²) in [6, 6.07) is 6.16. The molecule has 0 unspecified atom stereocenters. The van der Waals surface area contributed by atoms with Gasteiger partial charge in [0.15, 0.2) is 0 Å². The van der Waals surface area contributed by atoms with Crippen LogP contribution in [0.1, 0.15) is 6.99 Å². The molecular formula is C7H13ClN2O3S. The van der Waals surface area contributed by atoms with Crippen LogP contribution in [0.25, 0.3) is 0 Å². The Morgan fingerprint density at radius 2 is 1.64 bits per heavy atom. The molecule has 0 amide bonds. The van der Waals surface area contributed by atoms with E-state index in [1.165, 1.54) is 12.1 Å². The van der Waals surface area contributed by atoms with Crippen LogP contribution in [0.3, 0.4) is 0 Å². The summed E-state index contributed by atoms with van der Waals surface area (Å²) >= 11 is 0. The molecule has 0 fully saturated rings. The molecule has 0 heterocycles. The van der Waals surface area contributed by atoms with Gasteiger partial charge in [-0.1, -0.05) is 12.1 Å². The smallest absolute Gasteiger partial charge is 1.00 e. The predicted molar refractivity (Wildman–Crippen MR) is 50.4 cm³/mol. The van der Waals surface area contributed by atoms with Crippen LogP contribution in [0.2, 0.25) is 0 Å². The Kier molecular flexibility index (Phi) is 6.71. The fraction of sp³-hybridized carbons (Fsp3) is 0.143. The second-order valence-electron chi connectivity index (χ2n) is 2.39. The summed E-state index contributed by atoms with van der Waals surface area (Å²) in [5.74, 6) is 0. The Balaban J connectivity index is -0.000000480. The highest BCUT2D eigenvalue weighted by Gasteiger charge is 2.05. The van der Waals surface area contributed by atoms with E-state index in [-0.39, 0.29) is 24.2 Å². The zero-order chi connectivity index (χ0) is 9.19. The molecule has 6 N–H and O–H groups in total. The molecule has 1 rings (SSSR count). The molecule has 0 spiro atoms. The van der Waals surface area contributed by atoms with Gasteiger partial charge in [0.05, 0.1) is 4.90 Å². The molecule has 0 aromatic heterocycles. The second kappa shape index (κ2) is 5.94.